The van der Waals surface area contributed by atoms with Crippen LogP contribution in [0.4, 0.5) is 0 Å². The molecule has 0 aromatic carbocycles. The summed E-state index contributed by atoms with van der Waals surface area (Å²) in [6.07, 6.45) is 12.4. The van der Waals surface area contributed by atoms with E-state index >= 15 is 0 Å². The predicted octanol–water partition coefficient (Wildman–Crippen LogP) is 3.01. The fourth-order valence-corrected chi connectivity index (χ4v) is 2.86. The number of fused-ring (bicyclic) bond motifs is 1. The number of nitrogens with zero attached hydrogens (tertiary/aromatic N) is 1. The number of hydrogen-bond acceptors (Lipinski definition) is 2. The van der Waals surface area contributed by atoms with E-state index in [4.69, 9.17) is 0 Å². The molecule has 1 fully saturated rings. The van der Waals surface area contributed by atoms with E-state index in [0.29, 0.717) is 6.04 Å². The van der Waals surface area contributed by atoms with Crippen LogP contribution in [0.15, 0.2) is 48.2 Å². The van der Waals surface area contributed by atoms with Gasteiger partial charge in [0, 0.05) is 6.20 Å². The van der Waals surface area contributed by atoms with E-state index in [0.717, 1.165) is 18.2 Å². The lowest BCUT2D eigenvalue weighted by Gasteiger charge is -2.32. The fraction of sp³-hybridized carbons (Fsp3) is 0.400. The normalized spacial score (nSPS) is 28.1. The molecule has 1 aliphatic heterocycles. The monoisotopic (exact) mass is 226 g/mol. The van der Waals surface area contributed by atoms with Gasteiger partial charge >= 0.3 is 0 Å². The summed E-state index contributed by atoms with van der Waals surface area (Å²) in [7, 11) is 0. The highest BCUT2D eigenvalue weighted by atomic mass is 15.0. The molecule has 1 N–H and O–H groups in total. The smallest absolute Gasteiger partial charge is 0.0716 e. The first kappa shape index (κ1) is 10.7. The molecule has 2 atom stereocenters. The molecular formula is C15H18N2. The number of rotatable bonds is 1. The van der Waals surface area contributed by atoms with Crippen LogP contribution in [0, 0.1) is 5.92 Å². The number of nitrogens with one attached hydrogen (secondary N) is 1. The molecule has 2 unspecified atom stereocenters. The Kier molecular flexibility index (Phi) is 3.06. The van der Waals surface area contributed by atoms with Crippen LogP contribution in [0.1, 0.15) is 31.0 Å². The van der Waals surface area contributed by atoms with Gasteiger partial charge in [-0.3, -0.25) is 4.98 Å². The molecule has 0 amide bonds. The summed E-state index contributed by atoms with van der Waals surface area (Å²) in [4.78, 5) is 4.50. The van der Waals surface area contributed by atoms with Gasteiger partial charge in [-0.05, 0) is 49.4 Å². The van der Waals surface area contributed by atoms with E-state index in [1.807, 2.05) is 12.3 Å². The van der Waals surface area contributed by atoms with Crippen molar-refractivity contribution in [3.05, 3.63) is 53.9 Å². The third kappa shape index (κ3) is 2.18. The molecule has 3 rings (SSSR count). The van der Waals surface area contributed by atoms with E-state index in [9.17, 15) is 0 Å². The van der Waals surface area contributed by atoms with E-state index < -0.39 is 0 Å². The maximum Gasteiger partial charge on any atom is 0.0716 e. The largest absolute Gasteiger partial charge is 0.305 e. The van der Waals surface area contributed by atoms with Crippen molar-refractivity contribution >= 4 is 0 Å². The van der Waals surface area contributed by atoms with Gasteiger partial charge in [0.25, 0.3) is 0 Å². The van der Waals surface area contributed by atoms with Crippen LogP contribution in [0.2, 0.25) is 0 Å². The van der Waals surface area contributed by atoms with E-state index in [-0.39, 0.29) is 0 Å². The maximum absolute atomic E-state index is 4.50. The zero-order valence-electron chi connectivity index (χ0n) is 9.97. The molecule has 0 radical (unpaired) electrons. The molecule has 1 aliphatic carbocycles. The first-order chi connectivity index (χ1) is 8.45. The highest BCUT2D eigenvalue weighted by Crippen LogP contribution is 2.36. The van der Waals surface area contributed by atoms with Crippen molar-refractivity contribution in [1.29, 1.82) is 0 Å². The number of hydrogen-bond donors (Lipinski definition) is 1. The van der Waals surface area contributed by atoms with Crippen molar-refractivity contribution in [3.8, 4) is 0 Å². The Balaban J connectivity index is 1.93. The molecule has 0 bridgehead atoms. The molecule has 17 heavy (non-hydrogen) atoms. The minimum absolute atomic E-state index is 0.317. The van der Waals surface area contributed by atoms with Crippen LogP contribution < -0.4 is 5.32 Å². The third-order valence-electron chi connectivity index (χ3n) is 3.74. The lowest BCUT2D eigenvalue weighted by Crippen LogP contribution is -2.34. The lowest BCUT2D eigenvalue weighted by molar-refractivity contribution is 0.386. The van der Waals surface area contributed by atoms with Crippen LogP contribution >= 0.6 is 0 Å². The van der Waals surface area contributed by atoms with Crippen LogP contribution in [-0.4, -0.2) is 11.5 Å². The van der Waals surface area contributed by atoms with Crippen molar-refractivity contribution in [2.24, 2.45) is 5.92 Å². The Hall–Kier alpha value is -1.41. The molecule has 2 heteroatoms. The van der Waals surface area contributed by atoms with Gasteiger partial charge in [0.2, 0.25) is 0 Å². The molecular weight excluding hydrogens is 208 g/mol. The molecule has 2 heterocycles. The van der Waals surface area contributed by atoms with Gasteiger partial charge in [-0.1, -0.05) is 24.3 Å². The minimum atomic E-state index is 0.317. The molecule has 1 aromatic rings. The number of aromatic nitrogens is 1. The van der Waals surface area contributed by atoms with Gasteiger partial charge in [0.15, 0.2) is 0 Å². The molecule has 88 valence electrons. The maximum atomic E-state index is 4.50. The second-order valence-corrected chi connectivity index (χ2v) is 4.80. The number of pyridine rings is 1. The second kappa shape index (κ2) is 4.84. The van der Waals surface area contributed by atoms with Crippen molar-refractivity contribution in [1.82, 2.24) is 10.3 Å². The summed E-state index contributed by atoms with van der Waals surface area (Å²) in [6.45, 7) is 1.10. The SMILES string of the molecule is C1=CCCC2CCNC(c3ccccn3)C2=C1. The summed E-state index contributed by atoms with van der Waals surface area (Å²) in [5, 5.41) is 3.60. The molecule has 2 aliphatic rings. The Labute approximate surface area is 102 Å². The van der Waals surface area contributed by atoms with E-state index in [2.05, 4.69) is 40.7 Å². The van der Waals surface area contributed by atoms with Gasteiger partial charge in [-0.25, -0.2) is 0 Å². The van der Waals surface area contributed by atoms with Gasteiger partial charge in [0.05, 0.1) is 11.7 Å². The van der Waals surface area contributed by atoms with Crippen molar-refractivity contribution in [3.63, 3.8) is 0 Å². The predicted molar refractivity (Wildman–Crippen MR) is 69.5 cm³/mol. The Morgan fingerprint density at radius 3 is 3.12 bits per heavy atom. The zero-order valence-corrected chi connectivity index (χ0v) is 9.97. The van der Waals surface area contributed by atoms with Crippen molar-refractivity contribution in [2.75, 3.05) is 6.54 Å². The van der Waals surface area contributed by atoms with Crippen LogP contribution in [0.25, 0.3) is 0 Å². The van der Waals surface area contributed by atoms with E-state index in [1.165, 1.54) is 24.8 Å². The first-order valence-corrected chi connectivity index (χ1v) is 6.46. The van der Waals surface area contributed by atoms with Crippen LogP contribution in [0.5, 0.6) is 0 Å². The Morgan fingerprint density at radius 2 is 2.24 bits per heavy atom. The number of piperidine rings is 1. The lowest BCUT2D eigenvalue weighted by atomic mass is 9.83. The Morgan fingerprint density at radius 1 is 1.24 bits per heavy atom. The highest BCUT2D eigenvalue weighted by Gasteiger charge is 2.28. The summed E-state index contributed by atoms with van der Waals surface area (Å²) < 4.78 is 0. The average molecular weight is 226 g/mol. The summed E-state index contributed by atoms with van der Waals surface area (Å²) in [5.74, 6) is 0.734. The molecule has 0 saturated carbocycles. The summed E-state index contributed by atoms with van der Waals surface area (Å²) >= 11 is 0. The van der Waals surface area contributed by atoms with E-state index in [1.54, 1.807) is 0 Å². The molecule has 2 nitrogen and oxygen atoms in total. The summed E-state index contributed by atoms with van der Waals surface area (Å²) in [6, 6.07) is 6.49. The van der Waals surface area contributed by atoms with Crippen LogP contribution in [0.3, 0.4) is 0 Å². The first-order valence-electron chi connectivity index (χ1n) is 6.46. The summed E-state index contributed by atoms with van der Waals surface area (Å²) in [5.41, 5.74) is 2.67. The second-order valence-electron chi connectivity index (χ2n) is 4.80. The van der Waals surface area contributed by atoms with Crippen molar-refractivity contribution < 1.29 is 0 Å². The topological polar surface area (TPSA) is 24.9 Å². The number of allylic oxidation sites excluding steroid dienone is 3. The zero-order chi connectivity index (χ0) is 11.5. The minimum Gasteiger partial charge on any atom is -0.305 e. The van der Waals surface area contributed by atoms with Gasteiger partial charge in [0.1, 0.15) is 0 Å². The standard InChI is InChI=1S/C15H18N2/c1-2-6-12-9-11-17-15(13(12)7-3-1)14-8-4-5-10-16-14/h1,3-5,7-8,10,12,15,17H,2,6,9,11H2. The van der Waals surface area contributed by atoms with Crippen molar-refractivity contribution in [2.45, 2.75) is 25.3 Å². The van der Waals surface area contributed by atoms with Crippen LogP contribution in [-0.2, 0) is 0 Å². The fourth-order valence-electron chi connectivity index (χ4n) is 2.86. The highest BCUT2D eigenvalue weighted by molar-refractivity contribution is 5.30. The molecule has 0 spiro atoms. The van der Waals surface area contributed by atoms with Gasteiger partial charge in [-0.15, -0.1) is 0 Å². The molecule has 1 aromatic heterocycles. The average Bonchev–Trinajstić information content (AvgIpc) is 2.64. The Bertz CT molecular complexity index is 433. The third-order valence-corrected chi connectivity index (χ3v) is 3.74. The van der Waals surface area contributed by atoms with Gasteiger partial charge < -0.3 is 5.32 Å². The van der Waals surface area contributed by atoms with Gasteiger partial charge in [-0.2, -0.15) is 0 Å². The molecule has 1 saturated heterocycles. The quantitative estimate of drug-likeness (QED) is 0.796.